The number of rotatable bonds is 1. The summed E-state index contributed by atoms with van der Waals surface area (Å²) in [6, 6.07) is 18.8. The van der Waals surface area contributed by atoms with Crippen molar-refractivity contribution >= 4 is 22.4 Å². The molecule has 0 atom stereocenters. The van der Waals surface area contributed by atoms with Gasteiger partial charge in [-0.25, -0.2) is 0 Å². The number of carbonyl (C=O) groups is 1. The van der Waals surface area contributed by atoms with E-state index in [1.807, 2.05) is 48.5 Å². The molecule has 4 rings (SSSR count). The Morgan fingerprint density at radius 2 is 1.76 bits per heavy atom. The van der Waals surface area contributed by atoms with E-state index in [1.54, 1.807) is 17.0 Å². The molecule has 0 spiro atoms. The number of carbonyl (C=O) groups excluding carboxylic acids is 1. The average Bonchev–Trinajstić information content (AvgIpc) is 2.51. The molecule has 102 valence electrons. The molecule has 21 heavy (non-hydrogen) atoms. The molecule has 0 saturated carbocycles. The molecule has 1 heterocycles. The zero-order valence-corrected chi connectivity index (χ0v) is 11.3. The number of phenols is 1. The molecule has 1 aliphatic heterocycles. The molecule has 3 aromatic carbocycles. The van der Waals surface area contributed by atoms with Crippen molar-refractivity contribution in [3.05, 3.63) is 71.8 Å². The first-order chi connectivity index (χ1) is 10.2. The van der Waals surface area contributed by atoms with E-state index in [9.17, 15) is 9.90 Å². The van der Waals surface area contributed by atoms with Gasteiger partial charge in [-0.3, -0.25) is 4.79 Å². The van der Waals surface area contributed by atoms with Gasteiger partial charge in [0.15, 0.2) is 0 Å². The minimum absolute atomic E-state index is 0.0687. The van der Waals surface area contributed by atoms with Crippen LogP contribution >= 0.6 is 0 Å². The highest BCUT2D eigenvalue weighted by molar-refractivity contribution is 6.17. The van der Waals surface area contributed by atoms with Crippen molar-refractivity contribution in [3.63, 3.8) is 0 Å². The Morgan fingerprint density at radius 3 is 2.57 bits per heavy atom. The van der Waals surface area contributed by atoms with E-state index >= 15 is 0 Å². The Balaban J connectivity index is 1.96. The summed E-state index contributed by atoms with van der Waals surface area (Å²) in [4.78, 5) is 14.5. The summed E-state index contributed by atoms with van der Waals surface area (Å²) in [5.41, 5.74) is 2.54. The molecule has 0 aliphatic carbocycles. The fourth-order valence-corrected chi connectivity index (χ4v) is 2.99. The zero-order valence-electron chi connectivity index (χ0n) is 11.3. The van der Waals surface area contributed by atoms with Crippen molar-refractivity contribution in [2.75, 3.05) is 4.90 Å². The number of hydrogen-bond acceptors (Lipinski definition) is 2. The van der Waals surface area contributed by atoms with Gasteiger partial charge in [-0.15, -0.1) is 0 Å². The van der Waals surface area contributed by atoms with Gasteiger partial charge in [-0.1, -0.05) is 36.4 Å². The zero-order chi connectivity index (χ0) is 14.4. The third-order valence-corrected chi connectivity index (χ3v) is 3.92. The van der Waals surface area contributed by atoms with E-state index in [0.717, 1.165) is 22.0 Å². The maximum atomic E-state index is 12.8. The molecule has 1 amide bonds. The molecule has 0 bridgehead atoms. The summed E-state index contributed by atoms with van der Waals surface area (Å²) in [7, 11) is 0. The predicted molar refractivity (Wildman–Crippen MR) is 82.6 cm³/mol. The van der Waals surface area contributed by atoms with Gasteiger partial charge in [0, 0.05) is 5.69 Å². The second-order valence-electron chi connectivity index (χ2n) is 5.24. The lowest BCUT2D eigenvalue weighted by Crippen LogP contribution is -2.33. The smallest absolute Gasteiger partial charge is 0.259 e. The number of para-hydroxylation sites is 1. The number of benzene rings is 3. The number of amides is 1. The number of nitrogens with zero attached hydrogens (tertiary/aromatic N) is 1. The van der Waals surface area contributed by atoms with Crippen LogP contribution in [0.3, 0.4) is 0 Å². The van der Waals surface area contributed by atoms with Gasteiger partial charge >= 0.3 is 0 Å². The van der Waals surface area contributed by atoms with E-state index in [1.165, 1.54) is 0 Å². The molecular formula is C18H13NO2. The highest BCUT2D eigenvalue weighted by Gasteiger charge is 2.27. The highest BCUT2D eigenvalue weighted by Crippen LogP contribution is 2.34. The first kappa shape index (κ1) is 12.0. The fraction of sp³-hybridized carbons (Fsp3) is 0.0556. The molecule has 1 N–H and O–H groups in total. The van der Waals surface area contributed by atoms with Crippen LogP contribution in [0.15, 0.2) is 60.7 Å². The molecule has 0 aromatic heterocycles. The molecule has 0 saturated heterocycles. The third-order valence-electron chi connectivity index (χ3n) is 3.92. The molecular weight excluding hydrogens is 262 g/mol. The molecule has 0 radical (unpaired) electrons. The van der Waals surface area contributed by atoms with Crippen LogP contribution in [0.2, 0.25) is 0 Å². The Morgan fingerprint density at radius 1 is 0.952 bits per heavy atom. The minimum Gasteiger partial charge on any atom is -0.508 e. The SMILES string of the molecule is O=C1c2cc(O)cc3cccc(c23)CN1c1ccccc1. The van der Waals surface area contributed by atoms with E-state index in [2.05, 4.69) is 0 Å². The van der Waals surface area contributed by atoms with Crippen molar-refractivity contribution in [2.45, 2.75) is 6.54 Å². The lowest BCUT2D eigenvalue weighted by Gasteiger charge is -2.29. The van der Waals surface area contributed by atoms with Gasteiger partial charge in [0.25, 0.3) is 5.91 Å². The van der Waals surface area contributed by atoms with Crippen molar-refractivity contribution in [1.82, 2.24) is 0 Å². The summed E-state index contributed by atoms with van der Waals surface area (Å²) in [5.74, 6) is 0.0544. The quantitative estimate of drug-likeness (QED) is 0.735. The van der Waals surface area contributed by atoms with Gasteiger partial charge in [0.05, 0.1) is 12.1 Å². The largest absolute Gasteiger partial charge is 0.508 e. The summed E-state index contributed by atoms with van der Waals surface area (Å²) in [5, 5.41) is 11.7. The highest BCUT2D eigenvalue weighted by atomic mass is 16.3. The monoisotopic (exact) mass is 275 g/mol. The molecule has 3 aromatic rings. The molecule has 3 heteroatoms. The van der Waals surface area contributed by atoms with Crippen LogP contribution in [0.5, 0.6) is 5.75 Å². The van der Waals surface area contributed by atoms with Crippen LogP contribution in [0.4, 0.5) is 5.69 Å². The van der Waals surface area contributed by atoms with Gasteiger partial charge in [-0.2, -0.15) is 0 Å². The number of phenolic OH excluding ortho intramolecular Hbond substituents is 1. The molecule has 0 fully saturated rings. The topological polar surface area (TPSA) is 40.5 Å². The Labute approximate surface area is 122 Å². The Bertz CT molecular complexity index is 856. The van der Waals surface area contributed by atoms with Crippen LogP contribution in [-0.4, -0.2) is 11.0 Å². The van der Waals surface area contributed by atoms with Gasteiger partial charge in [0.2, 0.25) is 0 Å². The molecule has 0 unspecified atom stereocenters. The normalized spacial score (nSPS) is 13.7. The Kier molecular flexibility index (Phi) is 2.48. The maximum absolute atomic E-state index is 12.8. The van der Waals surface area contributed by atoms with E-state index in [-0.39, 0.29) is 11.7 Å². The summed E-state index contributed by atoms with van der Waals surface area (Å²) in [6.45, 7) is 0.554. The molecule has 1 aliphatic rings. The van der Waals surface area contributed by atoms with E-state index in [4.69, 9.17) is 0 Å². The summed E-state index contributed by atoms with van der Waals surface area (Å²) in [6.07, 6.45) is 0. The number of hydrogen-bond donors (Lipinski definition) is 1. The fourth-order valence-electron chi connectivity index (χ4n) is 2.99. The standard InChI is InChI=1S/C18H13NO2/c20-15-9-12-5-4-6-13-11-19(14-7-2-1-3-8-14)18(21)16(10-15)17(12)13/h1-10,20H,11H2. The van der Waals surface area contributed by atoms with Crippen molar-refractivity contribution in [2.24, 2.45) is 0 Å². The van der Waals surface area contributed by atoms with Crippen molar-refractivity contribution in [3.8, 4) is 5.75 Å². The average molecular weight is 275 g/mol. The second kappa shape index (κ2) is 4.35. The van der Waals surface area contributed by atoms with Gasteiger partial charge < -0.3 is 10.0 Å². The first-order valence-corrected chi connectivity index (χ1v) is 6.85. The van der Waals surface area contributed by atoms with Crippen LogP contribution in [0.25, 0.3) is 10.8 Å². The second-order valence-corrected chi connectivity index (χ2v) is 5.24. The number of aromatic hydroxyl groups is 1. The minimum atomic E-state index is -0.0687. The predicted octanol–water partition coefficient (Wildman–Crippen LogP) is 3.71. The van der Waals surface area contributed by atoms with Crippen molar-refractivity contribution < 1.29 is 9.90 Å². The summed E-state index contributed by atoms with van der Waals surface area (Å²) >= 11 is 0. The van der Waals surface area contributed by atoms with Gasteiger partial charge in [0.1, 0.15) is 5.75 Å². The van der Waals surface area contributed by atoms with Crippen molar-refractivity contribution in [1.29, 1.82) is 0 Å². The molecule has 3 nitrogen and oxygen atoms in total. The van der Waals surface area contributed by atoms with Crippen LogP contribution in [0, 0.1) is 0 Å². The third kappa shape index (κ3) is 1.78. The number of anilines is 1. The maximum Gasteiger partial charge on any atom is 0.259 e. The Hall–Kier alpha value is -2.81. The van der Waals surface area contributed by atoms with Gasteiger partial charge in [-0.05, 0) is 40.6 Å². The van der Waals surface area contributed by atoms with Crippen LogP contribution in [-0.2, 0) is 6.54 Å². The summed E-state index contributed by atoms with van der Waals surface area (Å²) < 4.78 is 0. The van der Waals surface area contributed by atoms with Crippen LogP contribution < -0.4 is 4.90 Å². The lowest BCUT2D eigenvalue weighted by molar-refractivity contribution is 0.0984. The van der Waals surface area contributed by atoms with E-state index in [0.29, 0.717) is 12.1 Å². The first-order valence-electron chi connectivity index (χ1n) is 6.85. The van der Waals surface area contributed by atoms with Crippen LogP contribution in [0.1, 0.15) is 15.9 Å². The lowest BCUT2D eigenvalue weighted by atomic mass is 9.94. The van der Waals surface area contributed by atoms with E-state index < -0.39 is 0 Å².